The molecular formula is C17H20ClNO2S. The van der Waals surface area contributed by atoms with E-state index in [1.165, 1.54) is 4.88 Å². The van der Waals surface area contributed by atoms with Crippen LogP contribution in [0.4, 0.5) is 5.69 Å². The van der Waals surface area contributed by atoms with Crippen molar-refractivity contribution in [2.75, 3.05) is 5.32 Å². The standard InChI is InChI=1S/C17H20ClNO2S/c1-12(2)21-16-9-8-13(11-15(16)18)19-17(20)7-3-5-14-6-4-10-22-14/h4,6,8-12H,3,5,7H2,1-2H3,(H,19,20). The molecule has 0 aliphatic rings. The van der Waals surface area contributed by atoms with Crippen LogP contribution in [-0.2, 0) is 11.2 Å². The van der Waals surface area contributed by atoms with E-state index in [0.29, 0.717) is 22.9 Å². The average Bonchev–Trinajstić information content (AvgIpc) is 2.95. The van der Waals surface area contributed by atoms with E-state index in [4.69, 9.17) is 16.3 Å². The summed E-state index contributed by atoms with van der Waals surface area (Å²) in [5, 5.41) is 5.43. The van der Waals surface area contributed by atoms with Crippen LogP contribution in [-0.4, -0.2) is 12.0 Å². The Morgan fingerprint density at radius 1 is 1.36 bits per heavy atom. The van der Waals surface area contributed by atoms with Gasteiger partial charge in [-0.3, -0.25) is 4.79 Å². The summed E-state index contributed by atoms with van der Waals surface area (Å²) in [5.41, 5.74) is 0.697. The molecule has 5 heteroatoms. The van der Waals surface area contributed by atoms with Crippen molar-refractivity contribution in [3.63, 3.8) is 0 Å². The van der Waals surface area contributed by atoms with Gasteiger partial charge in [-0.1, -0.05) is 17.7 Å². The number of hydrogen-bond acceptors (Lipinski definition) is 3. The zero-order valence-electron chi connectivity index (χ0n) is 12.8. The maximum Gasteiger partial charge on any atom is 0.224 e. The maximum absolute atomic E-state index is 11.9. The fraction of sp³-hybridized carbons (Fsp3) is 0.353. The quantitative estimate of drug-likeness (QED) is 0.758. The van der Waals surface area contributed by atoms with Crippen LogP contribution in [0.25, 0.3) is 0 Å². The number of nitrogens with one attached hydrogen (secondary N) is 1. The number of thiophene rings is 1. The lowest BCUT2D eigenvalue weighted by Crippen LogP contribution is -2.11. The predicted octanol–water partition coefficient (Wildman–Crippen LogP) is 5.15. The maximum atomic E-state index is 11.9. The largest absolute Gasteiger partial charge is 0.489 e. The van der Waals surface area contributed by atoms with Crippen LogP contribution in [0.1, 0.15) is 31.6 Å². The first kappa shape index (κ1) is 16.8. The topological polar surface area (TPSA) is 38.3 Å². The van der Waals surface area contributed by atoms with Crippen molar-refractivity contribution in [2.45, 2.75) is 39.2 Å². The molecular weight excluding hydrogens is 318 g/mol. The van der Waals surface area contributed by atoms with E-state index < -0.39 is 0 Å². The molecule has 0 atom stereocenters. The summed E-state index contributed by atoms with van der Waals surface area (Å²) in [7, 11) is 0. The predicted molar refractivity (Wildman–Crippen MR) is 93.1 cm³/mol. The smallest absolute Gasteiger partial charge is 0.224 e. The van der Waals surface area contributed by atoms with Gasteiger partial charge in [0.15, 0.2) is 0 Å². The molecule has 22 heavy (non-hydrogen) atoms. The fourth-order valence-corrected chi connectivity index (χ4v) is 3.01. The molecule has 0 spiro atoms. The molecule has 0 saturated heterocycles. The second kappa shape index (κ2) is 8.20. The Kier molecular flexibility index (Phi) is 6.28. The molecule has 0 saturated carbocycles. The molecule has 2 aromatic rings. The first-order chi connectivity index (χ1) is 10.5. The number of rotatable bonds is 7. The van der Waals surface area contributed by atoms with E-state index in [-0.39, 0.29) is 12.0 Å². The van der Waals surface area contributed by atoms with Crippen LogP contribution in [0.15, 0.2) is 35.7 Å². The van der Waals surface area contributed by atoms with E-state index in [9.17, 15) is 4.79 Å². The van der Waals surface area contributed by atoms with Crippen molar-refractivity contribution in [1.82, 2.24) is 0 Å². The first-order valence-electron chi connectivity index (χ1n) is 7.33. The molecule has 1 aromatic carbocycles. The number of ether oxygens (including phenoxy) is 1. The number of aryl methyl sites for hydroxylation is 1. The number of carbonyl (C=O) groups excluding carboxylic acids is 1. The van der Waals surface area contributed by atoms with Crippen LogP contribution in [0.5, 0.6) is 5.75 Å². The van der Waals surface area contributed by atoms with Crippen molar-refractivity contribution in [1.29, 1.82) is 0 Å². The molecule has 0 aliphatic heterocycles. The molecule has 1 N–H and O–H groups in total. The Balaban J connectivity index is 1.82. The number of anilines is 1. The van der Waals surface area contributed by atoms with E-state index in [1.807, 2.05) is 19.9 Å². The Morgan fingerprint density at radius 3 is 2.82 bits per heavy atom. The van der Waals surface area contributed by atoms with Gasteiger partial charge in [-0.05, 0) is 56.3 Å². The lowest BCUT2D eigenvalue weighted by Gasteiger charge is -2.12. The summed E-state index contributed by atoms with van der Waals surface area (Å²) < 4.78 is 5.57. The second-order valence-electron chi connectivity index (χ2n) is 5.29. The molecule has 1 amide bonds. The summed E-state index contributed by atoms with van der Waals surface area (Å²) in [6.07, 6.45) is 2.34. The highest BCUT2D eigenvalue weighted by Gasteiger charge is 2.08. The Morgan fingerprint density at radius 2 is 2.18 bits per heavy atom. The van der Waals surface area contributed by atoms with Gasteiger partial charge in [-0.2, -0.15) is 0 Å². The van der Waals surface area contributed by atoms with Gasteiger partial charge in [-0.15, -0.1) is 11.3 Å². The SMILES string of the molecule is CC(C)Oc1ccc(NC(=O)CCCc2cccs2)cc1Cl. The van der Waals surface area contributed by atoms with Gasteiger partial charge < -0.3 is 10.1 Å². The van der Waals surface area contributed by atoms with Gasteiger partial charge in [0.25, 0.3) is 0 Å². The molecule has 1 aromatic heterocycles. The van der Waals surface area contributed by atoms with E-state index in [1.54, 1.807) is 29.5 Å². The van der Waals surface area contributed by atoms with Gasteiger partial charge in [-0.25, -0.2) is 0 Å². The van der Waals surface area contributed by atoms with Gasteiger partial charge in [0.05, 0.1) is 11.1 Å². The minimum atomic E-state index is 0.00477. The third-order valence-electron chi connectivity index (χ3n) is 2.99. The van der Waals surface area contributed by atoms with E-state index in [0.717, 1.165) is 12.8 Å². The summed E-state index contributed by atoms with van der Waals surface area (Å²) >= 11 is 7.88. The second-order valence-corrected chi connectivity index (χ2v) is 6.73. The fourth-order valence-electron chi connectivity index (χ4n) is 2.03. The van der Waals surface area contributed by atoms with Crippen molar-refractivity contribution >= 4 is 34.5 Å². The van der Waals surface area contributed by atoms with Crippen molar-refractivity contribution in [3.8, 4) is 5.75 Å². The van der Waals surface area contributed by atoms with Crippen LogP contribution in [0.3, 0.4) is 0 Å². The molecule has 0 radical (unpaired) electrons. The van der Waals surface area contributed by atoms with Crippen molar-refractivity contribution in [2.24, 2.45) is 0 Å². The summed E-state index contributed by atoms with van der Waals surface area (Å²) in [6, 6.07) is 9.43. The molecule has 3 nitrogen and oxygen atoms in total. The molecule has 0 unspecified atom stereocenters. The Labute approximate surface area is 140 Å². The van der Waals surface area contributed by atoms with Gasteiger partial charge in [0.2, 0.25) is 5.91 Å². The molecule has 2 rings (SSSR count). The summed E-state index contributed by atoms with van der Waals surface area (Å²) in [6.45, 7) is 3.89. The minimum absolute atomic E-state index is 0.00477. The van der Waals surface area contributed by atoms with Crippen LogP contribution in [0, 0.1) is 0 Å². The van der Waals surface area contributed by atoms with E-state index >= 15 is 0 Å². The molecule has 0 bridgehead atoms. The summed E-state index contributed by atoms with van der Waals surface area (Å²) in [5.74, 6) is 0.637. The number of hydrogen-bond donors (Lipinski definition) is 1. The highest BCUT2D eigenvalue weighted by Crippen LogP contribution is 2.28. The lowest BCUT2D eigenvalue weighted by atomic mass is 10.2. The van der Waals surface area contributed by atoms with Crippen LogP contribution in [0.2, 0.25) is 5.02 Å². The molecule has 1 heterocycles. The molecule has 118 valence electrons. The normalized spacial score (nSPS) is 10.7. The highest BCUT2D eigenvalue weighted by molar-refractivity contribution is 7.09. The first-order valence-corrected chi connectivity index (χ1v) is 8.59. The minimum Gasteiger partial charge on any atom is -0.489 e. The van der Waals surface area contributed by atoms with Crippen LogP contribution < -0.4 is 10.1 Å². The summed E-state index contributed by atoms with van der Waals surface area (Å²) in [4.78, 5) is 13.2. The van der Waals surface area contributed by atoms with Gasteiger partial charge in [0.1, 0.15) is 5.75 Å². The number of benzene rings is 1. The Hall–Kier alpha value is -1.52. The molecule has 0 aliphatic carbocycles. The van der Waals surface area contributed by atoms with Gasteiger partial charge in [0, 0.05) is 17.0 Å². The number of carbonyl (C=O) groups is 1. The zero-order valence-corrected chi connectivity index (χ0v) is 14.3. The molecule has 0 fully saturated rings. The highest BCUT2D eigenvalue weighted by atomic mass is 35.5. The number of amides is 1. The zero-order chi connectivity index (χ0) is 15.9. The van der Waals surface area contributed by atoms with Crippen molar-refractivity contribution < 1.29 is 9.53 Å². The third-order valence-corrected chi connectivity index (χ3v) is 4.22. The lowest BCUT2D eigenvalue weighted by molar-refractivity contribution is -0.116. The van der Waals surface area contributed by atoms with E-state index in [2.05, 4.69) is 16.8 Å². The van der Waals surface area contributed by atoms with Crippen LogP contribution >= 0.6 is 22.9 Å². The van der Waals surface area contributed by atoms with Gasteiger partial charge >= 0.3 is 0 Å². The van der Waals surface area contributed by atoms with Crippen molar-refractivity contribution in [3.05, 3.63) is 45.6 Å². The third kappa shape index (κ3) is 5.35. The Bertz CT molecular complexity index is 611. The average molecular weight is 338 g/mol. The number of halogens is 1. The monoisotopic (exact) mass is 337 g/mol.